The van der Waals surface area contributed by atoms with Crippen LogP contribution in [0.3, 0.4) is 0 Å². The number of ether oxygens (including phenoxy) is 8. The lowest BCUT2D eigenvalue weighted by Crippen LogP contribution is -2.51. The molecule has 0 saturated carbocycles. The molecule has 117 heavy (non-hydrogen) atoms. The molecule has 0 aromatic heterocycles. The van der Waals surface area contributed by atoms with Crippen LogP contribution in [0, 0.1) is 53.3 Å². The van der Waals surface area contributed by atoms with Crippen molar-refractivity contribution in [1.29, 1.82) is 0 Å². The number of hydrogen-bond donors (Lipinski definition) is 4. The lowest BCUT2D eigenvalue weighted by Gasteiger charge is -2.37. The van der Waals surface area contributed by atoms with Crippen molar-refractivity contribution < 1.29 is 76.3 Å². The first-order valence-electron chi connectivity index (χ1n) is 45.9. The molecular weight excluding hydrogens is 1500 g/mol. The summed E-state index contributed by atoms with van der Waals surface area (Å²) >= 11 is 0. The summed E-state index contributed by atoms with van der Waals surface area (Å²) in [6.07, 6.45) is 16.7. The van der Waals surface area contributed by atoms with Gasteiger partial charge in [0, 0.05) is 117 Å². The molecule has 9 unspecified atom stereocenters. The van der Waals surface area contributed by atoms with E-state index in [1.165, 1.54) is 14.2 Å². The number of likely N-dealkylation sites (tertiary alicyclic amines) is 10. The average Bonchev–Trinajstić information content (AvgIpc) is 1.49. The zero-order valence-electron chi connectivity index (χ0n) is 74.6. The lowest BCUT2D eigenvalue weighted by molar-refractivity contribution is -0.161. The van der Waals surface area contributed by atoms with Crippen LogP contribution >= 0.6 is 0 Å². The van der Waals surface area contributed by atoms with E-state index in [0.29, 0.717) is 12.5 Å². The number of nitrogens with zero attached hydrogens (tertiary/aromatic N) is 10. The Morgan fingerprint density at radius 2 is 0.564 bits per heavy atom. The first kappa shape index (κ1) is 99.3. The summed E-state index contributed by atoms with van der Waals surface area (Å²) in [5.41, 5.74) is 0. The summed E-state index contributed by atoms with van der Waals surface area (Å²) in [5.74, 6) is 1.57. The zero-order valence-corrected chi connectivity index (χ0v) is 74.6. The van der Waals surface area contributed by atoms with Gasteiger partial charge in [-0.25, -0.2) is 0 Å². The molecule has 9 atom stereocenters. The first-order valence-corrected chi connectivity index (χ1v) is 45.9. The minimum Gasteiger partial charge on any atom is -0.469 e. The maximum atomic E-state index is 12.1. The number of esters is 8. The second kappa shape index (κ2) is 55.3. The van der Waals surface area contributed by atoms with Crippen LogP contribution in [0.1, 0.15) is 158 Å². The molecule has 0 amide bonds. The van der Waals surface area contributed by atoms with Crippen molar-refractivity contribution in [3.8, 4) is 0 Å². The Morgan fingerprint density at radius 3 is 0.897 bits per heavy atom. The van der Waals surface area contributed by atoms with E-state index in [-0.39, 0.29) is 126 Å². The molecule has 14 saturated heterocycles. The van der Waals surface area contributed by atoms with E-state index in [9.17, 15) is 38.4 Å². The maximum absolute atomic E-state index is 12.1. The van der Waals surface area contributed by atoms with Crippen molar-refractivity contribution in [2.75, 3.05) is 271 Å². The molecule has 30 heteroatoms. The van der Waals surface area contributed by atoms with Crippen LogP contribution in [0.25, 0.3) is 0 Å². The number of likely N-dealkylation sites (N-methyl/N-ethyl adjacent to an activating group) is 2. The monoisotopic (exact) mass is 1660 g/mol. The van der Waals surface area contributed by atoms with E-state index in [2.05, 4.69) is 140 Å². The highest BCUT2D eigenvalue weighted by Crippen LogP contribution is 2.27. The van der Waals surface area contributed by atoms with Crippen LogP contribution in [0.4, 0.5) is 0 Å². The fourth-order valence-corrected chi connectivity index (χ4v) is 17.4. The standard InChI is InChI=1S/C13H24N2O2.2C12H22N2O2.2C11H20N2O2.C10H18N2O2.2C9H17NO2/c1-3-15-7-4-5-11(9-15)13(16)17-12-6-8-14(2)10-12;1-3-14-7-4-10(8-14)12(15)16-11-5-6-13(2)9-11;1-2-14-7-3-4-10(9-14)12(15)16-11-5-6-13-8-11;1-2-13-7-9(8-13)11(14)15-10-3-5-12-6-4-10;1-2-13-4-3-10(7-13)11(14)15-8-9-5-12-6-9;1-2-12-6-8(7-12)10(13)14-9-3-4-11-5-9;1-3-10-6-4-8(5-7-10)9(11)12-2;1-3-10-6-4-5-8(7-10)9(11)12-2/h11-12H,3-10H2,1-2H3;10-11H,3-9H2,1-2H3;10-11,13H,2-9H2,1H3;2*9-10,12H,2-8H2,1H3;8-9,11H,2-7H2,1H3;2*8H,3-7H2,1-2H3. The minimum absolute atomic E-state index is 0.00315. The van der Waals surface area contributed by atoms with Crippen molar-refractivity contribution in [1.82, 2.24) is 70.3 Å². The molecule has 14 aliphatic rings. The SMILES string of the molecule is CCN1CC(C(=O)OC2CCNC2)C1.CCN1CC(C(=O)OC2CCNCC2)C1.CCN1CCC(C(=O)OC)CC1.CCN1CCC(C(=O)OC2CCN(C)C2)C1.CCN1CCC(C(=O)OCC2CNC2)C1.CCN1CCCC(C(=O)OC)C1.CCN1CCCC(C(=O)OC2CCN(C)C2)C1.CCN1CCCC(C(=O)OC2CCNC2)C1. The van der Waals surface area contributed by atoms with E-state index >= 15 is 0 Å². The van der Waals surface area contributed by atoms with E-state index in [0.717, 1.165) is 338 Å². The van der Waals surface area contributed by atoms with Gasteiger partial charge in [-0.2, -0.15) is 0 Å². The van der Waals surface area contributed by atoms with E-state index in [4.69, 9.17) is 37.9 Å². The Kier molecular flexibility index (Phi) is 47.0. The van der Waals surface area contributed by atoms with Crippen molar-refractivity contribution >= 4 is 47.8 Å². The molecule has 674 valence electrons. The number of carbonyl (C=O) groups is 8. The molecule has 30 nitrogen and oxygen atoms in total. The third-order valence-electron chi connectivity index (χ3n) is 26.0. The fourth-order valence-electron chi connectivity index (χ4n) is 17.4. The summed E-state index contributed by atoms with van der Waals surface area (Å²) < 4.78 is 42.3. The van der Waals surface area contributed by atoms with Crippen LogP contribution in [0.5, 0.6) is 0 Å². The summed E-state index contributed by atoms with van der Waals surface area (Å²) in [5, 5.41) is 12.8. The van der Waals surface area contributed by atoms with Gasteiger partial charge in [0.05, 0.1) is 68.2 Å². The van der Waals surface area contributed by atoms with Crippen molar-refractivity contribution in [2.45, 2.75) is 189 Å². The van der Waals surface area contributed by atoms with Crippen LogP contribution < -0.4 is 21.3 Å². The predicted octanol–water partition coefficient (Wildman–Crippen LogP) is 4.11. The van der Waals surface area contributed by atoms with E-state index < -0.39 is 0 Å². The van der Waals surface area contributed by atoms with Gasteiger partial charge in [0.25, 0.3) is 0 Å². The summed E-state index contributed by atoms with van der Waals surface area (Å²) in [4.78, 5) is 116. The normalized spacial score (nSPS) is 28.2. The van der Waals surface area contributed by atoms with Crippen LogP contribution in [0.15, 0.2) is 0 Å². The van der Waals surface area contributed by atoms with Gasteiger partial charge in [-0.15, -0.1) is 0 Å². The Hall–Kier alpha value is -4.80. The lowest BCUT2D eigenvalue weighted by atomic mass is 9.97. The van der Waals surface area contributed by atoms with Gasteiger partial charge in [0.15, 0.2) is 0 Å². The Bertz CT molecular complexity index is 2840. The highest BCUT2D eigenvalue weighted by atomic mass is 16.6. The predicted molar refractivity (Wildman–Crippen MR) is 453 cm³/mol. The maximum Gasteiger partial charge on any atom is 0.311 e. The molecule has 0 aromatic rings. The number of carbonyl (C=O) groups excluding carboxylic acids is 8. The van der Waals surface area contributed by atoms with Gasteiger partial charge in [-0.3, -0.25) is 38.4 Å². The molecule has 0 bridgehead atoms. The topological polar surface area (TPSA) is 291 Å². The second-order valence-electron chi connectivity index (χ2n) is 34.7. The van der Waals surface area contributed by atoms with Crippen molar-refractivity contribution in [2.24, 2.45) is 53.3 Å². The molecule has 14 aliphatic heterocycles. The third kappa shape index (κ3) is 35.9. The molecule has 0 spiro atoms. The minimum atomic E-state index is -0.0480. The number of hydrogen-bond acceptors (Lipinski definition) is 30. The van der Waals surface area contributed by atoms with Crippen LogP contribution in [-0.4, -0.2) is 398 Å². The molecular formula is C87H160N14O16. The molecule has 14 rings (SSSR count). The Balaban J connectivity index is 0.000000185. The highest BCUT2D eigenvalue weighted by Gasteiger charge is 2.39. The van der Waals surface area contributed by atoms with Crippen LogP contribution in [0.2, 0.25) is 0 Å². The Labute approximate surface area is 703 Å². The highest BCUT2D eigenvalue weighted by molar-refractivity contribution is 5.76. The molecule has 14 heterocycles. The molecule has 0 radical (unpaired) electrons. The van der Waals surface area contributed by atoms with Crippen molar-refractivity contribution in [3.63, 3.8) is 0 Å². The molecule has 0 aliphatic carbocycles. The van der Waals surface area contributed by atoms with Crippen molar-refractivity contribution in [3.05, 3.63) is 0 Å². The van der Waals surface area contributed by atoms with Gasteiger partial charge in [-0.1, -0.05) is 55.4 Å². The number of rotatable bonds is 23. The summed E-state index contributed by atoms with van der Waals surface area (Å²) in [7, 11) is 7.08. The average molecular weight is 1660 g/mol. The number of methoxy groups -OCH3 is 2. The summed E-state index contributed by atoms with van der Waals surface area (Å²) in [6.45, 7) is 53.0. The van der Waals surface area contributed by atoms with Gasteiger partial charge in [0.1, 0.15) is 30.5 Å². The third-order valence-corrected chi connectivity index (χ3v) is 26.0. The fraction of sp³-hybridized carbons (Fsp3) is 0.908. The molecule has 4 N–H and O–H groups in total. The zero-order chi connectivity index (χ0) is 84.4. The Morgan fingerprint density at radius 1 is 0.265 bits per heavy atom. The second-order valence-corrected chi connectivity index (χ2v) is 34.7. The van der Waals surface area contributed by atoms with E-state index in [1.54, 1.807) is 0 Å². The van der Waals surface area contributed by atoms with E-state index in [1.807, 2.05) is 0 Å². The molecule has 0 aromatic carbocycles. The van der Waals surface area contributed by atoms with Crippen LogP contribution in [-0.2, 0) is 76.3 Å². The summed E-state index contributed by atoms with van der Waals surface area (Å²) in [6, 6.07) is 0. The smallest absolute Gasteiger partial charge is 0.311 e. The number of nitrogens with one attached hydrogen (secondary N) is 4. The van der Waals surface area contributed by atoms with Gasteiger partial charge >= 0.3 is 47.8 Å². The van der Waals surface area contributed by atoms with Gasteiger partial charge in [0.2, 0.25) is 0 Å². The largest absolute Gasteiger partial charge is 0.469 e. The van der Waals surface area contributed by atoms with Gasteiger partial charge in [-0.05, 0) is 241 Å². The quantitative estimate of drug-likeness (QED) is 0.0827. The van der Waals surface area contributed by atoms with Gasteiger partial charge < -0.3 is 108 Å². The number of piperidine rings is 5. The molecule has 14 fully saturated rings. The first-order chi connectivity index (χ1) is 56.6.